The van der Waals surface area contributed by atoms with Crippen LogP contribution in [0.15, 0.2) is 36.5 Å². The van der Waals surface area contributed by atoms with Gasteiger partial charge in [0.15, 0.2) is 0 Å². The summed E-state index contributed by atoms with van der Waals surface area (Å²) in [4.78, 5) is 31.9. The Bertz CT molecular complexity index is 682. The number of hydrogen-bond acceptors (Lipinski definition) is 4. The van der Waals surface area contributed by atoms with E-state index in [2.05, 4.69) is 10.5 Å². The summed E-state index contributed by atoms with van der Waals surface area (Å²) in [6, 6.07) is 9.99. The largest absolute Gasteiger partial charge is 0.300 e. The van der Waals surface area contributed by atoms with E-state index in [1.165, 1.54) is 0 Å². The number of rotatable bonds is 12. The highest BCUT2D eigenvalue weighted by Crippen LogP contribution is 2.28. The molecule has 5 nitrogen and oxygen atoms in total. The molecule has 0 aliphatic rings. The second-order valence-corrected chi connectivity index (χ2v) is 6.10. The number of benzene rings is 1. The van der Waals surface area contributed by atoms with Gasteiger partial charge in [-0.15, -0.1) is 0 Å². The summed E-state index contributed by atoms with van der Waals surface area (Å²) in [5.74, 6) is 0.330. The van der Waals surface area contributed by atoms with Crippen molar-refractivity contribution < 1.29 is 14.4 Å². The summed E-state index contributed by atoms with van der Waals surface area (Å²) < 4.78 is 0. The number of pyridine rings is 1. The third-order valence-electron chi connectivity index (χ3n) is 4.33. The molecular formula is C20H26N2O3. The Balaban J connectivity index is 1.94. The highest BCUT2D eigenvalue weighted by Gasteiger charge is 2.17. The molecule has 5 heteroatoms. The van der Waals surface area contributed by atoms with Crippen LogP contribution in [0.2, 0.25) is 0 Å². The van der Waals surface area contributed by atoms with Gasteiger partial charge in [-0.1, -0.05) is 50.5 Å². The summed E-state index contributed by atoms with van der Waals surface area (Å²) in [6.07, 6.45) is 8.05. The van der Waals surface area contributed by atoms with Crippen LogP contribution in [0, 0.1) is 0 Å². The molecule has 0 aliphatic heterocycles. The van der Waals surface area contributed by atoms with Crippen LogP contribution in [-0.4, -0.2) is 17.2 Å². The van der Waals surface area contributed by atoms with E-state index in [1.807, 2.05) is 37.3 Å². The van der Waals surface area contributed by atoms with Crippen LogP contribution in [0.3, 0.4) is 0 Å². The Kier molecular flexibility index (Phi) is 8.05. The summed E-state index contributed by atoms with van der Waals surface area (Å²) in [5, 5.41) is 2.14. The second kappa shape index (κ2) is 10.6. The number of fused-ring (bicyclic) bond motifs is 1. The molecule has 0 aliphatic carbocycles. The highest BCUT2D eigenvalue weighted by atomic mass is 16.7. The minimum atomic E-state index is -0.284. The van der Waals surface area contributed by atoms with Gasteiger partial charge in [0.1, 0.15) is 11.9 Å². The first-order valence-electron chi connectivity index (χ1n) is 8.96. The predicted octanol–water partition coefficient (Wildman–Crippen LogP) is 4.27. The quantitative estimate of drug-likeness (QED) is 0.355. The Morgan fingerprint density at radius 1 is 1.20 bits per heavy atom. The molecule has 1 aromatic heterocycles. The first-order valence-corrected chi connectivity index (χ1v) is 8.96. The fraction of sp³-hybridized carbons (Fsp3) is 0.450. The third kappa shape index (κ3) is 5.94. The van der Waals surface area contributed by atoms with Crippen LogP contribution in [-0.2, 0) is 14.4 Å². The van der Waals surface area contributed by atoms with Crippen molar-refractivity contribution in [2.24, 2.45) is 0 Å². The van der Waals surface area contributed by atoms with Gasteiger partial charge in [-0.25, -0.2) is 5.48 Å². The molecule has 25 heavy (non-hydrogen) atoms. The third-order valence-corrected chi connectivity index (χ3v) is 4.33. The molecule has 0 spiro atoms. The van der Waals surface area contributed by atoms with Crippen LogP contribution < -0.4 is 5.48 Å². The number of hydrogen-bond donors (Lipinski definition) is 1. The van der Waals surface area contributed by atoms with Gasteiger partial charge in [-0.2, -0.15) is 0 Å². The van der Waals surface area contributed by atoms with Gasteiger partial charge in [-0.05, 0) is 24.3 Å². The molecule has 2 aromatic rings. The first kappa shape index (κ1) is 19.1. The van der Waals surface area contributed by atoms with Gasteiger partial charge in [0.25, 0.3) is 0 Å². The lowest BCUT2D eigenvalue weighted by molar-refractivity contribution is -0.126. The van der Waals surface area contributed by atoms with Crippen molar-refractivity contribution in [1.29, 1.82) is 0 Å². The summed E-state index contributed by atoms with van der Waals surface area (Å²) in [6.45, 7) is 1.90. The monoisotopic (exact) mass is 342 g/mol. The number of hydroxylamine groups is 1. The number of amides is 1. The number of aromatic nitrogens is 1. The average molecular weight is 342 g/mol. The zero-order valence-corrected chi connectivity index (χ0v) is 14.7. The van der Waals surface area contributed by atoms with Crippen LogP contribution in [0.5, 0.6) is 0 Å². The smallest absolute Gasteiger partial charge is 0.230 e. The Morgan fingerprint density at radius 2 is 2.00 bits per heavy atom. The zero-order valence-electron chi connectivity index (χ0n) is 14.7. The molecule has 0 bridgehead atoms. The predicted molar refractivity (Wildman–Crippen MR) is 97.8 cm³/mol. The molecule has 0 saturated heterocycles. The van der Waals surface area contributed by atoms with Crippen LogP contribution in [0.4, 0.5) is 0 Å². The molecule has 134 valence electrons. The van der Waals surface area contributed by atoms with Crippen LogP contribution >= 0.6 is 0 Å². The van der Waals surface area contributed by atoms with E-state index < -0.39 is 0 Å². The molecule has 1 atom stereocenters. The van der Waals surface area contributed by atoms with E-state index in [-0.39, 0.29) is 6.10 Å². The van der Waals surface area contributed by atoms with Gasteiger partial charge < -0.3 is 0 Å². The summed E-state index contributed by atoms with van der Waals surface area (Å²) >= 11 is 0. The standard InChI is InChI=1S/C20H26N2O3/c1-2-17(24)10-5-3-4-6-12-19(25-22-15-23)20-18-11-8-7-9-16(18)13-14-21-20/h7-9,11,13-15,19H,2-6,10,12H2,1H3,(H,22,23). The number of nitrogens with one attached hydrogen (secondary N) is 1. The lowest BCUT2D eigenvalue weighted by Gasteiger charge is -2.17. The van der Waals surface area contributed by atoms with Crippen molar-refractivity contribution >= 4 is 23.0 Å². The van der Waals surface area contributed by atoms with Gasteiger partial charge >= 0.3 is 0 Å². The van der Waals surface area contributed by atoms with Crippen molar-refractivity contribution in [3.8, 4) is 0 Å². The SMILES string of the molecule is CCC(=O)CCCCCCC(ONC=O)c1nccc2ccccc12. The molecule has 1 amide bonds. The fourth-order valence-electron chi connectivity index (χ4n) is 2.94. The molecular weight excluding hydrogens is 316 g/mol. The van der Waals surface area contributed by atoms with E-state index in [4.69, 9.17) is 4.84 Å². The summed E-state index contributed by atoms with van der Waals surface area (Å²) in [7, 11) is 0. The van der Waals surface area contributed by atoms with Gasteiger partial charge in [0.05, 0.1) is 5.69 Å². The first-order chi connectivity index (χ1) is 12.3. The van der Waals surface area contributed by atoms with Crippen molar-refractivity contribution in [1.82, 2.24) is 10.5 Å². The molecule has 0 fully saturated rings. The molecule has 1 N–H and O–H groups in total. The minimum absolute atomic E-state index is 0.284. The van der Waals surface area contributed by atoms with Gasteiger partial charge in [0, 0.05) is 24.4 Å². The number of unbranched alkanes of at least 4 members (excludes halogenated alkanes) is 3. The van der Waals surface area contributed by atoms with Crippen molar-refractivity contribution in [2.75, 3.05) is 0 Å². The number of ketones is 1. The fourth-order valence-corrected chi connectivity index (χ4v) is 2.94. The molecule has 1 unspecified atom stereocenters. The van der Waals surface area contributed by atoms with E-state index in [0.717, 1.165) is 48.6 Å². The molecule has 0 radical (unpaired) electrons. The maximum absolute atomic E-state index is 11.3. The number of nitrogens with zero attached hydrogens (tertiary/aromatic N) is 1. The zero-order chi connectivity index (χ0) is 17.9. The summed E-state index contributed by atoms with van der Waals surface area (Å²) in [5.41, 5.74) is 3.16. The number of carbonyl (C=O) groups excluding carboxylic acids is 2. The highest BCUT2D eigenvalue weighted by molar-refractivity contribution is 5.84. The average Bonchev–Trinajstić information content (AvgIpc) is 2.66. The second-order valence-electron chi connectivity index (χ2n) is 6.10. The molecule has 0 saturated carbocycles. The topological polar surface area (TPSA) is 68.3 Å². The normalized spacial score (nSPS) is 12.0. The molecule has 2 rings (SSSR count). The lowest BCUT2D eigenvalue weighted by Crippen LogP contribution is -2.18. The van der Waals surface area contributed by atoms with E-state index >= 15 is 0 Å². The van der Waals surface area contributed by atoms with E-state index in [1.54, 1.807) is 6.20 Å². The minimum Gasteiger partial charge on any atom is -0.300 e. The Morgan fingerprint density at radius 3 is 2.80 bits per heavy atom. The van der Waals surface area contributed by atoms with Crippen LogP contribution in [0.25, 0.3) is 10.8 Å². The molecule has 1 heterocycles. The van der Waals surface area contributed by atoms with E-state index in [0.29, 0.717) is 25.0 Å². The lowest BCUT2D eigenvalue weighted by atomic mass is 10.0. The van der Waals surface area contributed by atoms with Gasteiger partial charge in [-0.3, -0.25) is 19.4 Å². The van der Waals surface area contributed by atoms with Crippen molar-refractivity contribution in [2.45, 2.75) is 58.0 Å². The van der Waals surface area contributed by atoms with Crippen molar-refractivity contribution in [3.63, 3.8) is 0 Å². The maximum atomic E-state index is 11.3. The Labute approximate surface area is 148 Å². The van der Waals surface area contributed by atoms with Crippen LogP contribution in [0.1, 0.15) is 63.7 Å². The van der Waals surface area contributed by atoms with E-state index in [9.17, 15) is 9.59 Å². The van der Waals surface area contributed by atoms with Gasteiger partial charge in [0.2, 0.25) is 6.41 Å². The Hall–Kier alpha value is -2.27. The maximum Gasteiger partial charge on any atom is 0.230 e. The number of Topliss-reactive ketones (excluding diaryl/α,β-unsaturated/α-hetero) is 1. The number of carbonyl (C=O) groups is 2. The molecule has 1 aromatic carbocycles. The van der Waals surface area contributed by atoms with Crippen molar-refractivity contribution in [3.05, 3.63) is 42.2 Å².